The minimum absolute atomic E-state index is 0.320. The molecule has 0 spiro atoms. The van der Waals surface area contributed by atoms with Crippen LogP contribution in [0.1, 0.15) is 25.5 Å². The fourth-order valence-corrected chi connectivity index (χ4v) is 3.22. The molecular formula is C15H17N3OS. The van der Waals surface area contributed by atoms with Gasteiger partial charge in [0.1, 0.15) is 11.6 Å². The Bertz CT molecular complexity index is 758. The van der Waals surface area contributed by atoms with Crippen molar-refractivity contribution in [3.05, 3.63) is 35.3 Å². The normalized spacial score (nSPS) is 11.4. The smallest absolute Gasteiger partial charge is 0.196 e. The summed E-state index contributed by atoms with van der Waals surface area (Å²) in [6.45, 7) is 4.21. The van der Waals surface area contributed by atoms with Crippen molar-refractivity contribution in [3.63, 3.8) is 0 Å². The maximum atomic E-state index is 6.27. The van der Waals surface area contributed by atoms with E-state index in [1.54, 1.807) is 18.4 Å². The summed E-state index contributed by atoms with van der Waals surface area (Å²) in [6, 6.07) is 7.98. The highest BCUT2D eigenvalue weighted by atomic mass is 32.1. The number of aromatic nitrogens is 2. The molecule has 0 saturated heterocycles. The maximum absolute atomic E-state index is 6.27. The Morgan fingerprint density at radius 2 is 2.15 bits per heavy atom. The number of benzene rings is 1. The van der Waals surface area contributed by atoms with E-state index in [4.69, 9.17) is 10.5 Å². The Kier molecular flexibility index (Phi) is 3.14. The monoisotopic (exact) mass is 287 g/mol. The summed E-state index contributed by atoms with van der Waals surface area (Å²) in [6.07, 6.45) is 0. The zero-order valence-corrected chi connectivity index (χ0v) is 12.6. The molecule has 0 radical (unpaired) electrons. The van der Waals surface area contributed by atoms with Crippen molar-refractivity contribution in [1.29, 1.82) is 0 Å². The molecule has 2 aromatic heterocycles. The Hall–Kier alpha value is -2.01. The van der Waals surface area contributed by atoms with Gasteiger partial charge in [0.2, 0.25) is 0 Å². The molecular weight excluding hydrogens is 270 g/mol. The molecule has 3 rings (SSSR count). The summed E-state index contributed by atoms with van der Waals surface area (Å²) in [5, 5.41) is 2.08. The molecule has 2 N–H and O–H groups in total. The second-order valence-electron chi connectivity index (χ2n) is 5.01. The Labute approximate surface area is 121 Å². The number of fused-ring (bicyclic) bond motifs is 1. The van der Waals surface area contributed by atoms with Crippen molar-refractivity contribution in [1.82, 2.24) is 9.38 Å². The summed E-state index contributed by atoms with van der Waals surface area (Å²) in [5.41, 5.74) is 9.36. The fraction of sp³-hybridized carbons (Fsp3) is 0.267. The minimum Gasteiger partial charge on any atom is -0.497 e. The molecule has 0 aliphatic heterocycles. The van der Waals surface area contributed by atoms with E-state index in [1.807, 2.05) is 22.6 Å². The summed E-state index contributed by atoms with van der Waals surface area (Å²) in [4.78, 5) is 5.56. The van der Waals surface area contributed by atoms with Gasteiger partial charge < -0.3 is 10.5 Å². The number of nitrogens with two attached hydrogens (primary N) is 1. The number of thiazole rings is 1. The number of nitrogens with zero attached hydrogens (tertiary/aromatic N) is 2. The first-order valence-corrected chi connectivity index (χ1v) is 7.39. The fourth-order valence-electron chi connectivity index (χ4n) is 2.31. The molecule has 0 fully saturated rings. The first-order chi connectivity index (χ1) is 9.61. The Morgan fingerprint density at radius 1 is 1.35 bits per heavy atom. The van der Waals surface area contributed by atoms with E-state index in [0.717, 1.165) is 33.5 Å². The Balaban J connectivity index is 2.21. The van der Waals surface area contributed by atoms with Crippen LogP contribution < -0.4 is 10.5 Å². The molecule has 20 heavy (non-hydrogen) atoms. The quantitative estimate of drug-likeness (QED) is 0.797. The molecule has 5 heteroatoms. The number of imidazole rings is 1. The molecule has 1 aromatic carbocycles. The van der Waals surface area contributed by atoms with Crippen molar-refractivity contribution in [2.24, 2.45) is 0 Å². The van der Waals surface area contributed by atoms with Gasteiger partial charge in [0.25, 0.3) is 0 Å². The zero-order valence-electron chi connectivity index (χ0n) is 11.8. The second-order valence-corrected chi connectivity index (χ2v) is 5.84. The van der Waals surface area contributed by atoms with Gasteiger partial charge in [-0.15, -0.1) is 11.3 Å². The lowest BCUT2D eigenvalue weighted by molar-refractivity contribution is 0.415. The van der Waals surface area contributed by atoms with Gasteiger partial charge in [-0.1, -0.05) is 26.0 Å². The van der Waals surface area contributed by atoms with Crippen LogP contribution in [-0.2, 0) is 0 Å². The van der Waals surface area contributed by atoms with Crippen LogP contribution in [-0.4, -0.2) is 16.5 Å². The predicted octanol–water partition coefficient (Wildman–Crippen LogP) is 3.78. The molecule has 2 heterocycles. The number of methoxy groups -OCH3 is 1. The summed E-state index contributed by atoms with van der Waals surface area (Å²) < 4.78 is 7.31. The van der Waals surface area contributed by atoms with Gasteiger partial charge in [-0.2, -0.15) is 0 Å². The van der Waals surface area contributed by atoms with E-state index in [0.29, 0.717) is 5.92 Å². The standard InChI is InChI=1S/C15H17N3OS/c1-9(2)13-14(16)18-12(8-20-15(18)17-13)10-5-4-6-11(7-10)19-3/h4-9H,16H2,1-3H3. The molecule has 4 nitrogen and oxygen atoms in total. The van der Waals surface area contributed by atoms with Crippen molar-refractivity contribution < 1.29 is 4.74 Å². The molecule has 0 saturated carbocycles. The number of rotatable bonds is 3. The maximum Gasteiger partial charge on any atom is 0.196 e. The molecule has 3 aromatic rings. The van der Waals surface area contributed by atoms with Gasteiger partial charge in [0.15, 0.2) is 4.96 Å². The molecule has 0 amide bonds. The second kappa shape index (κ2) is 4.83. The topological polar surface area (TPSA) is 52.5 Å². The van der Waals surface area contributed by atoms with E-state index in [2.05, 4.69) is 30.3 Å². The highest BCUT2D eigenvalue weighted by Crippen LogP contribution is 2.33. The molecule has 104 valence electrons. The van der Waals surface area contributed by atoms with Crippen LogP contribution in [0.3, 0.4) is 0 Å². The lowest BCUT2D eigenvalue weighted by atomic mass is 10.1. The van der Waals surface area contributed by atoms with Crippen molar-refractivity contribution in [3.8, 4) is 17.0 Å². The van der Waals surface area contributed by atoms with Crippen molar-refractivity contribution in [2.45, 2.75) is 19.8 Å². The third-order valence-corrected chi connectivity index (χ3v) is 4.17. The predicted molar refractivity (Wildman–Crippen MR) is 83.6 cm³/mol. The van der Waals surface area contributed by atoms with Crippen molar-refractivity contribution in [2.75, 3.05) is 12.8 Å². The van der Waals surface area contributed by atoms with Crippen LogP contribution in [0.2, 0.25) is 0 Å². The van der Waals surface area contributed by atoms with E-state index < -0.39 is 0 Å². The van der Waals surface area contributed by atoms with E-state index in [1.165, 1.54) is 0 Å². The number of anilines is 1. The summed E-state index contributed by atoms with van der Waals surface area (Å²) in [5.74, 6) is 1.89. The SMILES string of the molecule is COc1cccc(-c2csc3nc(C(C)C)c(N)n23)c1. The number of nitrogen functional groups attached to an aromatic ring is 1. The molecule has 0 aliphatic rings. The first-order valence-electron chi connectivity index (χ1n) is 6.51. The third-order valence-electron chi connectivity index (χ3n) is 3.34. The van der Waals surface area contributed by atoms with Gasteiger partial charge in [-0.3, -0.25) is 4.40 Å². The van der Waals surface area contributed by atoms with Gasteiger partial charge in [-0.05, 0) is 18.1 Å². The largest absolute Gasteiger partial charge is 0.497 e. The van der Waals surface area contributed by atoms with Crippen molar-refractivity contribution >= 4 is 22.1 Å². The summed E-state index contributed by atoms with van der Waals surface area (Å²) in [7, 11) is 1.67. The number of ether oxygens (including phenoxy) is 1. The third kappa shape index (κ3) is 1.94. The van der Waals surface area contributed by atoms with Gasteiger partial charge in [0, 0.05) is 10.9 Å². The van der Waals surface area contributed by atoms with E-state index in [-0.39, 0.29) is 0 Å². The zero-order chi connectivity index (χ0) is 14.3. The lowest BCUT2D eigenvalue weighted by Gasteiger charge is -2.06. The van der Waals surface area contributed by atoms with Crippen LogP contribution >= 0.6 is 11.3 Å². The molecule has 0 bridgehead atoms. The highest BCUT2D eigenvalue weighted by molar-refractivity contribution is 7.15. The lowest BCUT2D eigenvalue weighted by Crippen LogP contribution is -1.99. The average Bonchev–Trinajstić information content (AvgIpc) is 3.00. The van der Waals surface area contributed by atoms with E-state index in [9.17, 15) is 0 Å². The molecule has 0 unspecified atom stereocenters. The van der Waals surface area contributed by atoms with Gasteiger partial charge >= 0.3 is 0 Å². The number of hydrogen-bond acceptors (Lipinski definition) is 4. The van der Waals surface area contributed by atoms with Crippen LogP contribution in [0, 0.1) is 0 Å². The van der Waals surface area contributed by atoms with Crippen LogP contribution in [0.25, 0.3) is 16.2 Å². The molecule has 0 aliphatic carbocycles. The van der Waals surface area contributed by atoms with Gasteiger partial charge in [-0.25, -0.2) is 4.98 Å². The summed E-state index contributed by atoms with van der Waals surface area (Å²) >= 11 is 1.61. The van der Waals surface area contributed by atoms with Gasteiger partial charge in [0.05, 0.1) is 18.5 Å². The van der Waals surface area contributed by atoms with Crippen LogP contribution in [0.5, 0.6) is 5.75 Å². The first kappa shape index (κ1) is 13.0. The molecule has 0 atom stereocenters. The number of hydrogen-bond donors (Lipinski definition) is 1. The van der Waals surface area contributed by atoms with Crippen LogP contribution in [0.4, 0.5) is 5.82 Å². The minimum atomic E-state index is 0.320. The van der Waals surface area contributed by atoms with Crippen LogP contribution in [0.15, 0.2) is 29.6 Å². The highest BCUT2D eigenvalue weighted by Gasteiger charge is 2.17. The average molecular weight is 287 g/mol. The van der Waals surface area contributed by atoms with E-state index >= 15 is 0 Å². The Morgan fingerprint density at radius 3 is 2.85 bits per heavy atom.